The largest absolute Gasteiger partial charge is 0.461 e. The molecule has 180 valence electrons. The van der Waals surface area contributed by atoms with Crippen LogP contribution in [0.1, 0.15) is 69.7 Å². The smallest absolute Gasteiger partial charge is 0.355 e. The molecule has 1 unspecified atom stereocenters. The molecule has 1 atom stereocenters. The fourth-order valence-corrected chi connectivity index (χ4v) is 4.10. The van der Waals surface area contributed by atoms with E-state index in [4.69, 9.17) is 9.47 Å². The summed E-state index contributed by atoms with van der Waals surface area (Å²) in [6, 6.07) is 4.57. The van der Waals surface area contributed by atoms with Crippen molar-refractivity contribution in [2.24, 2.45) is 0 Å². The average molecular weight is 461 g/mol. The van der Waals surface area contributed by atoms with Crippen molar-refractivity contribution in [2.75, 3.05) is 26.9 Å². The highest BCUT2D eigenvalue weighted by Crippen LogP contribution is 2.26. The van der Waals surface area contributed by atoms with Crippen LogP contribution in [-0.2, 0) is 16.0 Å². The molecule has 1 aromatic carbocycles. The number of hydrogen-bond acceptors (Lipinski definition) is 5. The minimum atomic E-state index is -0.835. The number of methoxy groups -OCH3 is 1. The van der Waals surface area contributed by atoms with Crippen LogP contribution in [0, 0.1) is 19.7 Å². The Morgan fingerprint density at radius 1 is 1.18 bits per heavy atom. The van der Waals surface area contributed by atoms with E-state index >= 15 is 0 Å². The van der Waals surface area contributed by atoms with Crippen LogP contribution in [0.3, 0.4) is 0 Å². The van der Waals surface area contributed by atoms with Crippen molar-refractivity contribution in [1.82, 2.24) is 9.47 Å². The van der Waals surface area contributed by atoms with Gasteiger partial charge >= 0.3 is 5.97 Å². The number of ether oxygens (including phenoxy) is 2. The number of carbonyl (C=O) groups is 3. The molecule has 0 saturated carbocycles. The Labute approximate surface area is 194 Å². The van der Waals surface area contributed by atoms with Crippen molar-refractivity contribution in [3.8, 4) is 0 Å². The molecule has 0 fully saturated rings. The summed E-state index contributed by atoms with van der Waals surface area (Å²) < 4.78 is 25.8. The minimum absolute atomic E-state index is 0.166. The first kappa shape index (κ1) is 26.3. The summed E-state index contributed by atoms with van der Waals surface area (Å²) in [6.45, 7) is 10.1. The maximum atomic E-state index is 13.7. The molecule has 0 N–H and O–H groups in total. The molecule has 33 heavy (non-hydrogen) atoms. The van der Waals surface area contributed by atoms with Gasteiger partial charge in [-0.3, -0.25) is 9.59 Å². The average Bonchev–Trinajstić information content (AvgIpc) is 3.04. The molecule has 8 heteroatoms. The van der Waals surface area contributed by atoms with Crippen LogP contribution in [0.4, 0.5) is 4.39 Å². The molecule has 0 saturated heterocycles. The maximum absolute atomic E-state index is 13.7. The Morgan fingerprint density at radius 3 is 2.45 bits per heavy atom. The van der Waals surface area contributed by atoms with Crippen LogP contribution in [0.15, 0.2) is 24.3 Å². The van der Waals surface area contributed by atoms with Gasteiger partial charge < -0.3 is 18.9 Å². The molecular weight excluding hydrogens is 427 g/mol. The number of esters is 1. The number of aromatic nitrogens is 1. The number of benzene rings is 1. The first-order chi connectivity index (χ1) is 15.7. The second kappa shape index (κ2) is 11.7. The summed E-state index contributed by atoms with van der Waals surface area (Å²) >= 11 is 0. The van der Waals surface area contributed by atoms with Gasteiger partial charge in [-0.25, -0.2) is 9.18 Å². The maximum Gasteiger partial charge on any atom is 0.355 e. The number of amides is 1. The van der Waals surface area contributed by atoms with E-state index in [1.54, 1.807) is 39.4 Å². The highest BCUT2D eigenvalue weighted by molar-refractivity contribution is 6.07. The zero-order valence-electron chi connectivity index (χ0n) is 20.2. The van der Waals surface area contributed by atoms with Crippen molar-refractivity contribution < 1.29 is 28.2 Å². The van der Waals surface area contributed by atoms with Crippen LogP contribution < -0.4 is 0 Å². The van der Waals surface area contributed by atoms with E-state index in [-0.39, 0.29) is 24.5 Å². The van der Waals surface area contributed by atoms with E-state index < -0.39 is 23.7 Å². The van der Waals surface area contributed by atoms with Gasteiger partial charge in [-0.1, -0.05) is 6.07 Å². The molecule has 2 rings (SSSR count). The molecule has 0 aliphatic rings. The molecule has 7 nitrogen and oxygen atoms in total. The fraction of sp³-hybridized carbons (Fsp3) is 0.480. The van der Waals surface area contributed by atoms with Crippen molar-refractivity contribution in [3.63, 3.8) is 0 Å². The van der Waals surface area contributed by atoms with Gasteiger partial charge in [0.1, 0.15) is 11.5 Å². The third-order valence-corrected chi connectivity index (χ3v) is 5.73. The minimum Gasteiger partial charge on any atom is -0.461 e. The summed E-state index contributed by atoms with van der Waals surface area (Å²) in [5.41, 5.74) is 2.08. The third kappa shape index (κ3) is 5.68. The van der Waals surface area contributed by atoms with Crippen LogP contribution >= 0.6 is 0 Å². The Kier molecular flexibility index (Phi) is 9.34. The van der Waals surface area contributed by atoms with Crippen molar-refractivity contribution in [3.05, 3.63) is 58.2 Å². The first-order valence-corrected chi connectivity index (χ1v) is 11.2. The van der Waals surface area contributed by atoms with E-state index in [1.165, 1.54) is 23.1 Å². The first-order valence-electron chi connectivity index (χ1n) is 11.2. The summed E-state index contributed by atoms with van der Waals surface area (Å²) in [6.07, 6.45) is 0.511. The number of rotatable bonds is 11. The standard InChI is InChI=1S/C25H33FN2O5/c1-7-27-17(4)21(16(3)22(27)25(31)33-8-2)23(29)18(5)28(13-10-14-32-6)24(30)19-11-9-12-20(26)15-19/h9,11-12,15,18H,7-8,10,13-14H2,1-6H3. The van der Waals surface area contributed by atoms with Crippen LogP contribution in [0.5, 0.6) is 0 Å². The molecular formula is C25H33FN2O5. The summed E-state index contributed by atoms with van der Waals surface area (Å²) in [5, 5.41) is 0. The quantitative estimate of drug-likeness (QED) is 0.285. The van der Waals surface area contributed by atoms with Gasteiger partial charge in [0.25, 0.3) is 5.91 Å². The lowest BCUT2D eigenvalue weighted by molar-refractivity contribution is 0.0512. The number of Topliss-reactive ketones (excluding diaryl/α,β-unsaturated/α-hetero) is 1. The predicted molar refractivity (Wildman–Crippen MR) is 123 cm³/mol. The lowest BCUT2D eigenvalue weighted by Crippen LogP contribution is -2.44. The number of ketones is 1. The van der Waals surface area contributed by atoms with Gasteiger partial charge in [-0.05, 0) is 64.8 Å². The molecule has 0 aliphatic heterocycles. The molecule has 1 heterocycles. The van der Waals surface area contributed by atoms with Gasteiger partial charge in [-0.15, -0.1) is 0 Å². The van der Waals surface area contributed by atoms with Crippen molar-refractivity contribution in [2.45, 2.75) is 53.6 Å². The summed E-state index contributed by atoms with van der Waals surface area (Å²) in [5.74, 6) is -1.74. The van der Waals surface area contributed by atoms with Gasteiger partial charge in [0.05, 0.1) is 12.6 Å². The summed E-state index contributed by atoms with van der Waals surface area (Å²) in [7, 11) is 1.56. The molecule has 0 radical (unpaired) electrons. The van der Waals surface area contributed by atoms with Crippen molar-refractivity contribution >= 4 is 17.7 Å². The Bertz CT molecular complexity index is 1010. The Morgan fingerprint density at radius 2 is 1.88 bits per heavy atom. The number of halogens is 1. The highest BCUT2D eigenvalue weighted by Gasteiger charge is 2.33. The second-order valence-electron chi connectivity index (χ2n) is 7.79. The fourth-order valence-electron chi connectivity index (χ4n) is 4.10. The molecule has 2 aromatic rings. The van der Waals surface area contributed by atoms with E-state index in [1.807, 2.05) is 6.92 Å². The van der Waals surface area contributed by atoms with Crippen LogP contribution in [0.2, 0.25) is 0 Å². The third-order valence-electron chi connectivity index (χ3n) is 5.73. The summed E-state index contributed by atoms with van der Waals surface area (Å²) in [4.78, 5) is 40.9. The number of carbonyl (C=O) groups excluding carboxylic acids is 3. The van der Waals surface area contributed by atoms with E-state index in [9.17, 15) is 18.8 Å². The SMILES string of the molecule is CCOC(=O)c1c(C)c(C(=O)C(C)N(CCCOC)C(=O)c2cccc(F)c2)c(C)n1CC. The lowest BCUT2D eigenvalue weighted by Gasteiger charge is -2.29. The Balaban J connectivity index is 2.48. The molecule has 0 spiro atoms. The van der Waals surface area contributed by atoms with E-state index in [2.05, 4.69) is 0 Å². The molecule has 0 bridgehead atoms. The normalized spacial score (nSPS) is 11.8. The van der Waals surface area contributed by atoms with Gasteiger partial charge in [0, 0.05) is 43.6 Å². The predicted octanol–water partition coefficient (Wildman–Crippen LogP) is 4.19. The van der Waals surface area contributed by atoms with Gasteiger partial charge in [0.15, 0.2) is 5.78 Å². The second-order valence-corrected chi connectivity index (χ2v) is 7.79. The van der Waals surface area contributed by atoms with E-state index in [0.29, 0.717) is 42.1 Å². The highest BCUT2D eigenvalue weighted by atomic mass is 19.1. The van der Waals surface area contributed by atoms with Gasteiger partial charge in [-0.2, -0.15) is 0 Å². The molecule has 1 aromatic heterocycles. The monoisotopic (exact) mass is 460 g/mol. The Hall–Kier alpha value is -3.00. The lowest BCUT2D eigenvalue weighted by atomic mass is 9.99. The number of nitrogens with zero attached hydrogens (tertiary/aromatic N) is 2. The van der Waals surface area contributed by atoms with Crippen LogP contribution in [-0.4, -0.2) is 60.0 Å². The topological polar surface area (TPSA) is 77.8 Å². The zero-order valence-corrected chi connectivity index (χ0v) is 20.2. The zero-order chi connectivity index (χ0) is 24.7. The van der Waals surface area contributed by atoms with Gasteiger partial charge in [0.2, 0.25) is 0 Å². The van der Waals surface area contributed by atoms with E-state index in [0.717, 1.165) is 6.07 Å². The van der Waals surface area contributed by atoms with Crippen molar-refractivity contribution in [1.29, 1.82) is 0 Å². The van der Waals surface area contributed by atoms with Crippen LogP contribution in [0.25, 0.3) is 0 Å². The molecule has 0 aliphatic carbocycles. The number of hydrogen-bond donors (Lipinski definition) is 0. The molecule has 1 amide bonds.